The molecule has 0 unspecified atom stereocenters. The van der Waals surface area contributed by atoms with Gasteiger partial charge in [0, 0.05) is 28.1 Å². The van der Waals surface area contributed by atoms with Gasteiger partial charge in [0.15, 0.2) is 0 Å². The van der Waals surface area contributed by atoms with Gasteiger partial charge in [-0.15, -0.1) is 0 Å². The maximum absolute atomic E-state index is 6.26. The molecule has 0 spiro atoms. The first-order valence-electron chi connectivity index (χ1n) is 20.9. The lowest BCUT2D eigenvalue weighted by molar-refractivity contribution is 0.669. The lowest BCUT2D eigenvalue weighted by atomic mass is 9.85. The molecule has 0 saturated heterocycles. The van der Waals surface area contributed by atoms with Gasteiger partial charge in [0.1, 0.15) is 11.2 Å². The van der Waals surface area contributed by atoms with E-state index in [2.05, 4.69) is 200 Å². The molecule has 0 aliphatic carbocycles. The highest BCUT2D eigenvalue weighted by atomic mass is 16.3. The topological polar surface area (TPSA) is 26.0 Å². The quantitative estimate of drug-likeness (QED) is 0.157. The zero-order valence-corrected chi connectivity index (χ0v) is 33.2. The van der Waals surface area contributed by atoms with Crippen molar-refractivity contribution in [3.05, 3.63) is 225 Å². The number of benzene rings is 10. The van der Waals surface area contributed by atoms with Gasteiger partial charge in [0.2, 0.25) is 0 Å². The molecule has 2 heteroatoms. The largest absolute Gasteiger partial charge is 0.456 e. The van der Waals surface area contributed by atoms with Crippen LogP contribution in [0.5, 0.6) is 0 Å². The number of fused-ring (bicyclic) bond motifs is 6. The summed E-state index contributed by atoms with van der Waals surface area (Å²) < 4.78 is 6.26. The molecule has 0 amide bonds. The Morgan fingerprint density at radius 3 is 1.49 bits per heavy atom. The molecule has 0 saturated carbocycles. The first kappa shape index (κ1) is 34.9. The smallest absolute Gasteiger partial charge is 0.135 e. The van der Waals surface area contributed by atoms with E-state index in [0.717, 1.165) is 55.4 Å². The van der Waals surface area contributed by atoms with Crippen molar-refractivity contribution in [3.8, 4) is 66.9 Å². The molecule has 0 fully saturated rings. The van der Waals surface area contributed by atoms with Gasteiger partial charge in [0.05, 0.1) is 5.69 Å². The minimum absolute atomic E-state index is 0.895. The van der Waals surface area contributed by atoms with Crippen LogP contribution in [-0.2, 0) is 0 Å². The first-order valence-corrected chi connectivity index (χ1v) is 20.9. The minimum atomic E-state index is 0.895. The normalized spacial score (nSPS) is 11.6. The summed E-state index contributed by atoms with van der Waals surface area (Å²) in [6.07, 6.45) is 2.00. The molecule has 0 aliphatic rings. The number of nitrogens with zero attached hydrogens (tertiary/aromatic N) is 1. The molecular weight excluding hydrogens is 739 g/mol. The summed E-state index contributed by atoms with van der Waals surface area (Å²) in [5.74, 6) is 0. The predicted octanol–water partition coefficient (Wildman–Crippen LogP) is 16.4. The third-order valence-corrected chi connectivity index (χ3v) is 12.3. The molecule has 61 heavy (non-hydrogen) atoms. The molecule has 0 radical (unpaired) electrons. The number of pyridine rings is 1. The Labute approximate surface area is 353 Å². The van der Waals surface area contributed by atoms with Gasteiger partial charge in [-0.2, -0.15) is 0 Å². The lowest BCUT2D eigenvalue weighted by Crippen LogP contribution is -1.93. The summed E-state index contributed by atoms with van der Waals surface area (Å²) in [7, 11) is 0. The number of hydrogen-bond acceptors (Lipinski definition) is 2. The monoisotopic (exact) mass is 775 g/mol. The van der Waals surface area contributed by atoms with Crippen molar-refractivity contribution in [1.29, 1.82) is 0 Å². The van der Waals surface area contributed by atoms with Crippen LogP contribution in [0.25, 0.3) is 121 Å². The van der Waals surface area contributed by atoms with Crippen LogP contribution in [0.15, 0.2) is 229 Å². The van der Waals surface area contributed by atoms with E-state index in [1.807, 2.05) is 24.4 Å². The average Bonchev–Trinajstić information content (AvgIpc) is 3.71. The third kappa shape index (κ3) is 5.92. The van der Waals surface area contributed by atoms with Crippen LogP contribution in [0.3, 0.4) is 0 Å². The van der Waals surface area contributed by atoms with E-state index >= 15 is 0 Å². The fourth-order valence-electron chi connectivity index (χ4n) is 9.46. The zero-order chi connectivity index (χ0) is 40.3. The van der Waals surface area contributed by atoms with Crippen molar-refractivity contribution in [2.75, 3.05) is 0 Å². The van der Waals surface area contributed by atoms with E-state index in [-0.39, 0.29) is 0 Å². The molecule has 2 nitrogen and oxygen atoms in total. The molecule has 2 heterocycles. The Morgan fingerprint density at radius 2 is 0.803 bits per heavy atom. The van der Waals surface area contributed by atoms with E-state index in [9.17, 15) is 0 Å². The summed E-state index contributed by atoms with van der Waals surface area (Å²) in [4.78, 5) is 5.08. The van der Waals surface area contributed by atoms with E-state index in [0.29, 0.717) is 0 Å². The molecule has 0 aliphatic heterocycles. The zero-order valence-electron chi connectivity index (χ0n) is 33.2. The maximum Gasteiger partial charge on any atom is 0.135 e. The van der Waals surface area contributed by atoms with Crippen LogP contribution < -0.4 is 0 Å². The predicted molar refractivity (Wildman–Crippen MR) is 257 cm³/mol. The molecule has 0 bridgehead atoms. The van der Waals surface area contributed by atoms with Crippen LogP contribution in [-0.4, -0.2) is 4.98 Å². The number of aromatic nitrogens is 1. The van der Waals surface area contributed by atoms with Crippen molar-refractivity contribution < 1.29 is 4.42 Å². The summed E-state index contributed by atoms with van der Waals surface area (Å²) in [5.41, 5.74) is 15.7. The minimum Gasteiger partial charge on any atom is -0.456 e. The second-order valence-corrected chi connectivity index (χ2v) is 15.8. The highest BCUT2D eigenvalue weighted by Gasteiger charge is 2.20. The second kappa shape index (κ2) is 14.3. The van der Waals surface area contributed by atoms with Crippen LogP contribution in [0.4, 0.5) is 0 Å². The second-order valence-electron chi connectivity index (χ2n) is 15.8. The van der Waals surface area contributed by atoms with Crippen LogP contribution >= 0.6 is 0 Å². The fraction of sp³-hybridized carbons (Fsp3) is 0. The number of rotatable bonds is 6. The van der Waals surface area contributed by atoms with Crippen LogP contribution in [0.1, 0.15) is 0 Å². The van der Waals surface area contributed by atoms with Crippen LogP contribution in [0.2, 0.25) is 0 Å². The van der Waals surface area contributed by atoms with Gasteiger partial charge >= 0.3 is 0 Å². The number of para-hydroxylation sites is 1. The SMILES string of the molecule is c1ccc(-c2ccc(-c3c4ccccc4c(-c4ccc(-c5c(-c6ccc7ccccc7c6)cccc5-c5ccc6oc7ccccc7c6c5)cc4)c4ccccc34)nc2)cc1. The van der Waals surface area contributed by atoms with E-state index in [1.165, 1.54) is 65.7 Å². The molecule has 0 atom stereocenters. The highest BCUT2D eigenvalue weighted by molar-refractivity contribution is 6.21. The summed E-state index contributed by atoms with van der Waals surface area (Å²) in [5, 5.41) is 9.49. The molecule has 2 aromatic heterocycles. The van der Waals surface area contributed by atoms with Crippen molar-refractivity contribution in [1.82, 2.24) is 4.98 Å². The first-order chi connectivity index (χ1) is 30.2. The van der Waals surface area contributed by atoms with Gasteiger partial charge in [0.25, 0.3) is 0 Å². The van der Waals surface area contributed by atoms with Gasteiger partial charge in [-0.1, -0.05) is 188 Å². The molecule has 10 aromatic carbocycles. The summed E-state index contributed by atoms with van der Waals surface area (Å²) >= 11 is 0. The van der Waals surface area contributed by atoms with Crippen LogP contribution in [0, 0.1) is 0 Å². The molecule has 12 aromatic rings. The van der Waals surface area contributed by atoms with E-state index < -0.39 is 0 Å². The molecular formula is C59H37NO. The third-order valence-electron chi connectivity index (χ3n) is 12.3. The van der Waals surface area contributed by atoms with Gasteiger partial charge in [-0.25, -0.2) is 0 Å². The van der Waals surface area contributed by atoms with Crippen molar-refractivity contribution in [2.24, 2.45) is 0 Å². The van der Waals surface area contributed by atoms with Crippen molar-refractivity contribution in [3.63, 3.8) is 0 Å². The molecule has 12 rings (SSSR count). The van der Waals surface area contributed by atoms with E-state index in [4.69, 9.17) is 9.40 Å². The fourth-order valence-corrected chi connectivity index (χ4v) is 9.46. The average molecular weight is 776 g/mol. The molecule has 284 valence electrons. The standard InChI is InChI=1S/C59H37NO/c1-2-13-38(14-3-1)45-31-33-54(60-37-45)59-51-20-8-6-18-49(51)58(50-19-7-9-21-52(50)59)41-28-26-40(27-29-41)57-46(43-30-25-39-15-4-5-16-42(39)35-43)22-12-23-47(57)44-32-34-56-53(36-44)48-17-10-11-24-55(48)61-56/h1-37H. The number of furan rings is 1. The van der Waals surface area contributed by atoms with Crippen molar-refractivity contribution >= 4 is 54.3 Å². The van der Waals surface area contributed by atoms with Gasteiger partial charge < -0.3 is 4.42 Å². The Morgan fingerprint density at radius 1 is 0.279 bits per heavy atom. The maximum atomic E-state index is 6.26. The Bertz CT molecular complexity index is 3560. The van der Waals surface area contributed by atoms with Gasteiger partial charge in [-0.05, 0) is 113 Å². The van der Waals surface area contributed by atoms with E-state index in [1.54, 1.807) is 0 Å². The van der Waals surface area contributed by atoms with Crippen molar-refractivity contribution in [2.45, 2.75) is 0 Å². The molecule has 0 N–H and O–H groups in total. The Hall–Kier alpha value is -8.07. The highest BCUT2D eigenvalue weighted by Crippen LogP contribution is 2.46. The summed E-state index contributed by atoms with van der Waals surface area (Å²) in [6.45, 7) is 0. The lowest BCUT2D eigenvalue weighted by Gasteiger charge is -2.19. The number of hydrogen-bond donors (Lipinski definition) is 0. The Balaban J connectivity index is 1.03. The summed E-state index contributed by atoms with van der Waals surface area (Å²) in [6, 6.07) is 78.7. The van der Waals surface area contributed by atoms with Gasteiger partial charge in [-0.3, -0.25) is 4.98 Å². The Kier molecular flexibility index (Phi) is 8.21.